The fourth-order valence-electron chi connectivity index (χ4n) is 4.88. The molecule has 0 aromatic rings. The van der Waals surface area contributed by atoms with E-state index in [-0.39, 0.29) is 18.9 Å². The smallest absolute Gasteiger partial charge is 0.268 e. The molecule has 0 fully saturated rings. The number of hydrogen-bond donors (Lipinski definition) is 2. The van der Waals surface area contributed by atoms with E-state index in [0.29, 0.717) is 23.9 Å². The normalized spacial score (nSPS) is 15.5. The van der Waals surface area contributed by atoms with Gasteiger partial charge in [0, 0.05) is 6.42 Å². The van der Waals surface area contributed by atoms with Gasteiger partial charge in [-0.3, -0.25) is 9.36 Å². The third kappa shape index (κ3) is 39.2. The van der Waals surface area contributed by atoms with Crippen molar-refractivity contribution in [3.05, 3.63) is 109 Å². The molecule has 0 aromatic carbocycles. The maximum Gasteiger partial charge on any atom is 0.268 e. The highest BCUT2D eigenvalue weighted by molar-refractivity contribution is 7.45. The Kier molecular flexibility index (Phi) is 34.9. The Hall–Kier alpha value is -2.84. The second-order valence-electron chi connectivity index (χ2n) is 14.6. The lowest BCUT2D eigenvalue weighted by molar-refractivity contribution is -0.870. The minimum absolute atomic E-state index is 0.0246. The van der Waals surface area contributed by atoms with Crippen LogP contribution in [-0.4, -0.2) is 68.5 Å². The Labute approximate surface area is 336 Å². The molecule has 1 amide bonds. The third-order valence-corrected chi connectivity index (χ3v) is 9.16. The first-order valence-electron chi connectivity index (χ1n) is 20.7. The molecule has 0 aliphatic heterocycles. The number of rotatable bonds is 35. The summed E-state index contributed by atoms with van der Waals surface area (Å²) < 4.78 is 23.1. The van der Waals surface area contributed by atoms with Gasteiger partial charge in [0.1, 0.15) is 13.2 Å². The summed E-state index contributed by atoms with van der Waals surface area (Å²) >= 11 is 0. The summed E-state index contributed by atoms with van der Waals surface area (Å²) in [5, 5.41) is 13.7. The highest BCUT2D eigenvalue weighted by Gasteiger charge is 2.23. The van der Waals surface area contributed by atoms with Gasteiger partial charge in [-0.1, -0.05) is 136 Å². The minimum atomic E-state index is -4.62. The van der Waals surface area contributed by atoms with Crippen molar-refractivity contribution in [1.82, 2.24) is 5.32 Å². The first-order chi connectivity index (χ1) is 26.5. The van der Waals surface area contributed by atoms with Crippen LogP contribution in [0.2, 0.25) is 0 Å². The Balaban J connectivity index is 4.61. The molecule has 0 saturated heterocycles. The van der Waals surface area contributed by atoms with E-state index in [4.69, 9.17) is 9.05 Å². The van der Waals surface area contributed by atoms with Gasteiger partial charge in [-0.2, -0.15) is 0 Å². The van der Waals surface area contributed by atoms with Crippen molar-refractivity contribution in [2.45, 2.75) is 135 Å². The van der Waals surface area contributed by atoms with Crippen LogP contribution in [0.3, 0.4) is 0 Å². The van der Waals surface area contributed by atoms with Crippen molar-refractivity contribution in [1.29, 1.82) is 0 Å². The topological polar surface area (TPSA) is 108 Å². The van der Waals surface area contributed by atoms with Gasteiger partial charge in [-0.15, -0.1) is 0 Å². The van der Waals surface area contributed by atoms with Crippen LogP contribution >= 0.6 is 7.82 Å². The van der Waals surface area contributed by atoms with Gasteiger partial charge in [0.2, 0.25) is 5.91 Å². The van der Waals surface area contributed by atoms with E-state index >= 15 is 0 Å². The number of likely N-dealkylation sites (N-methyl/N-ethyl adjacent to an activating group) is 1. The number of allylic oxidation sites excluding steroid dienone is 17. The number of carbonyl (C=O) groups is 1. The van der Waals surface area contributed by atoms with Gasteiger partial charge in [0.05, 0.1) is 39.9 Å². The Bertz CT molecular complexity index is 1260. The number of aliphatic hydroxyl groups excluding tert-OH is 1. The molecule has 55 heavy (non-hydrogen) atoms. The number of nitrogens with zero attached hydrogens (tertiary/aromatic N) is 1. The first-order valence-corrected chi connectivity index (χ1v) is 22.2. The summed E-state index contributed by atoms with van der Waals surface area (Å²) in [6, 6.07) is -0.938. The average Bonchev–Trinajstić information content (AvgIpc) is 3.13. The van der Waals surface area contributed by atoms with Gasteiger partial charge < -0.3 is 28.8 Å². The van der Waals surface area contributed by atoms with E-state index < -0.39 is 26.6 Å². The van der Waals surface area contributed by atoms with Crippen molar-refractivity contribution in [2.24, 2.45) is 0 Å². The maximum absolute atomic E-state index is 12.8. The van der Waals surface area contributed by atoms with E-state index in [1.165, 1.54) is 12.8 Å². The van der Waals surface area contributed by atoms with Crippen LogP contribution in [0.1, 0.15) is 123 Å². The quantitative estimate of drug-likeness (QED) is 0.0287. The lowest BCUT2D eigenvalue weighted by Crippen LogP contribution is -2.45. The molecule has 0 heterocycles. The molecule has 3 atom stereocenters. The molecule has 8 nitrogen and oxygen atoms in total. The van der Waals surface area contributed by atoms with Crippen LogP contribution in [0, 0.1) is 0 Å². The van der Waals surface area contributed by atoms with Gasteiger partial charge in [0.25, 0.3) is 7.82 Å². The van der Waals surface area contributed by atoms with Crippen LogP contribution in [0.15, 0.2) is 109 Å². The van der Waals surface area contributed by atoms with Gasteiger partial charge in [-0.25, -0.2) is 0 Å². The van der Waals surface area contributed by atoms with Crippen LogP contribution in [0.4, 0.5) is 0 Å². The van der Waals surface area contributed by atoms with E-state index in [1.54, 1.807) is 6.08 Å². The number of hydrogen-bond acceptors (Lipinski definition) is 6. The fraction of sp³-hybridized carbons (Fsp3) is 0.587. The predicted octanol–water partition coefficient (Wildman–Crippen LogP) is 10.7. The summed E-state index contributed by atoms with van der Waals surface area (Å²) in [6.07, 6.45) is 52.8. The molecule has 0 bridgehead atoms. The van der Waals surface area contributed by atoms with Gasteiger partial charge >= 0.3 is 0 Å². The SMILES string of the molecule is CC/C=C\C/C=C\C/C=C\C/C=C\C/C=C\C/C=C\CCCCC(=O)NC(COP(=O)([O-])OCC[N+](C)(C)C)C(O)/C=C/CC/C=C/CC/C=C/CCCC. The highest BCUT2D eigenvalue weighted by atomic mass is 31.2. The van der Waals surface area contributed by atoms with E-state index in [0.717, 1.165) is 77.0 Å². The zero-order valence-corrected chi connectivity index (χ0v) is 36.0. The number of phosphoric acid groups is 1. The molecule has 0 radical (unpaired) electrons. The standard InChI is InChI=1S/C46H77N2O6P/c1-6-8-10-12-14-16-18-20-21-22-23-24-25-26-27-28-30-32-34-36-38-40-46(50)47-44(43-54-55(51,52)53-42-41-48(3,4)5)45(49)39-37-35-33-31-29-19-17-15-13-11-9-7-2/h8,10,13-16,20-21,23-24,26-27,29-32,37,39,44-45,49H,6-7,9,11-12,17-19,22,25,28,33-36,38,40-43H2,1-5H3,(H-,47,50,51,52)/b10-8-,15-13+,16-14-,21-20-,24-23-,27-26-,31-29+,32-30-,39-37+. The van der Waals surface area contributed by atoms with Crippen LogP contribution < -0.4 is 10.2 Å². The molecule has 9 heteroatoms. The average molecular weight is 785 g/mol. The minimum Gasteiger partial charge on any atom is -0.756 e. The summed E-state index contributed by atoms with van der Waals surface area (Å²) in [7, 11) is 1.18. The van der Waals surface area contributed by atoms with Crippen molar-refractivity contribution in [3.63, 3.8) is 0 Å². The summed E-state index contributed by atoms with van der Waals surface area (Å²) in [5.41, 5.74) is 0. The molecule has 2 N–H and O–H groups in total. The predicted molar refractivity (Wildman–Crippen MR) is 232 cm³/mol. The van der Waals surface area contributed by atoms with Crippen LogP contribution in [-0.2, 0) is 18.4 Å². The van der Waals surface area contributed by atoms with Crippen molar-refractivity contribution in [2.75, 3.05) is 40.9 Å². The third-order valence-electron chi connectivity index (χ3n) is 8.19. The second kappa shape index (κ2) is 36.8. The number of amides is 1. The Morgan fingerprint density at radius 2 is 1.11 bits per heavy atom. The lowest BCUT2D eigenvalue weighted by atomic mass is 10.1. The molecule has 0 aromatic heterocycles. The number of unbranched alkanes of at least 4 members (excludes halogenated alkanes) is 6. The molecule has 0 rings (SSSR count). The summed E-state index contributed by atoms with van der Waals surface area (Å²) in [4.78, 5) is 25.2. The largest absolute Gasteiger partial charge is 0.756 e. The molecule has 0 spiro atoms. The molecular formula is C46H77N2O6P. The van der Waals surface area contributed by atoms with Gasteiger partial charge in [0.15, 0.2) is 0 Å². The number of phosphoric ester groups is 1. The molecule has 0 saturated carbocycles. The fourth-order valence-corrected chi connectivity index (χ4v) is 5.60. The molecule has 3 unspecified atom stereocenters. The Morgan fingerprint density at radius 3 is 1.62 bits per heavy atom. The number of aliphatic hydroxyl groups is 1. The maximum atomic E-state index is 12.8. The second-order valence-corrected chi connectivity index (χ2v) is 16.0. The van der Waals surface area contributed by atoms with Crippen LogP contribution in [0.5, 0.6) is 0 Å². The molecule has 0 aliphatic carbocycles. The first kappa shape index (κ1) is 52.2. The zero-order chi connectivity index (χ0) is 40.7. The highest BCUT2D eigenvalue weighted by Crippen LogP contribution is 2.38. The van der Waals surface area contributed by atoms with E-state index in [2.05, 4.69) is 116 Å². The van der Waals surface area contributed by atoms with Crippen LogP contribution in [0.25, 0.3) is 0 Å². The molecule has 312 valence electrons. The summed E-state index contributed by atoms with van der Waals surface area (Å²) in [5.74, 6) is -0.262. The Morgan fingerprint density at radius 1 is 0.655 bits per heavy atom. The van der Waals surface area contributed by atoms with Crippen molar-refractivity contribution >= 4 is 13.7 Å². The van der Waals surface area contributed by atoms with E-state index in [9.17, 15) is 19.4 Å². The number of nitrogens with one attached hydrogen (secondary N) is 1. The van der Waals surface area contributed by atoms with Crippen molar-refractivity contribution < 1.29 is 32.9 Å². The lowest BCUT2D eigenvalue weighted by Gasteiger charge is -2.29. The number of carbonyl (C=O) groups excluding carboxylic acids is 1. The van der Waals surface area contributed by atoms with Crippen molar-refractivity contribution in [3.8, 4) is 0 Å². The number of quaternary nitrogens is 1. The molecule has 0 aliphatic rings. The van der Waals surface area contributed by atoms with E-state index in [1.807, 2.05) is 27.2 Å². The molecular weight excluding hydrogens is 707 g/mol. The van der Waals surface area contributed by atoms with Gasteiger partial charge in [-0.05, 0) is 89.9 Å². The zero-order valence-electron chi connectivity index (χ0n) is 35.1. The monoisotopic (exact) mass is 785 g/mol. The summed E-state index contributed by atoms with van der Waals surface area (Å²) in [6.45, 7) is 4.37.